The molecule has 0 saturated carbocycles. The smallest absolute Gasteiger partial charge is 0.0590 e. The summed E-state index contributed by atoms with van der Waals surface area (Å²) in [6, 6.07) is 2.56. The van der Waals surface area contributed by atoms with Gasteiger partial charge in [0.15, 0.2) is 0 Å². The van der Waals surface area contributed by atoms with Crippen molar-refractivity contribution in [1.82, 2.24) is 5.32 Å². The molecule has 1 nitrogen and oxygen atoms in total. The monoisotopic (exact) mass is 285 g/mol. The molecule has 2 rings (SSSR count). The van der Waals surface area contributed by atoms with E-state index >= 15 is 0 Å². The first-order valence-electron chi connectivity index (χ1n) is 5.64. The van der Waals surface area contributed by atoms with Crippen LogP contribution in [0.1, 0.15) is 28.5 Å². The zero-order valence-corrected chi connectivity index (χ0v) is 12.4. The maximum atomic E-state index is 6.32. The molecule has 1 unspecified atom stereocenters. The molecule has 0 bridgehead atoms. The van der Waals surface area contributed by atoms with E-state index in [2.05, 4.69) is 34.4 Å². The highest BCUT2D eigenvalue weighted by Crippen LogP contribution is 2.34. The van der Waals surface area contributed by atoms with E-state index in [4.69, 9.17) is 11.6 Å². The standard InChI is InChI=1S/C13H16ClNS2/c1-9-7-17-13(12(9)14)11(15-2)4-3-10-5-6-16-8-10/h5-8,11,15H,3-4H2,1-2H3. The number of nitrogens with one attached hydrogen (secondary N) is 1. The van der Waals surface area contributed by atoms with Gasteiger partial charge in [0.1, 0.15) is 0 Å². The highest BCUT2D eigenvalue weighted by molar-refractivity contribution is 7.10. The number of halogens is 1. The molecule has 92 valence electrons. The van der Waals surface area contributed by atoms with Crippen LogP contribution in [0.25, 0.3) is 0 Å². The fraction of sp³-hybridized carbons (Fsp3) is 0.385. The van der Waals surface area contributed by atoms with Gasteiger partial charge in [-0.2, -0.15) is 11.3 Å². The first-order valence-corrected chi connectivity index (χ1v) is 7.84. The molecule has 2 aromatic rings. The molecule has 0 amide bonds. The molecule has 0 fully saturated rings. The summed E-state index contributed by atoms with van der Waals surface area (Å²) in [5, 5.41) is 10.8. The van der Waals surface area contributed by atoms with Crippen molar-refractivity contribution in [3.63, 3.8) is 0 Å². The molecule has 0 aromatic carbocycles. The summed E-state index contributed by atoms with van der Waals surface area (Å²) in [4.78, 5) is 1.27. The van der Waals surface area contributed by atoms with E-state index in [1.807, 2.05) is 7.05 Å². The van der Waals surface area contributed by atoms with E-state index < -0.39 is 0 Å². The van der Waals surface area contributed by atoms with Crippen molar-refractivity contribution in [2.24, 2.45) is 0 Å². The van der Waals surface area contributed by atoms with Crippen molar-refractivity contribution in [2.45, 2.75) is 25.8 Å². The highest BCUT2D eigenvalue weighted by Gasteiger charge is 2.16. The largest absolute Gasteiger partial charge is 0.312 e. The van der Waals surface area contributed by atoms with E-state index in [9.17, 15) is 0 Å². The fourth-order valence-electron chi connectivity index (χ4n) is 1.84. The van der Waals surface area contributed by atoms with Crippen molar-refractivity contribution >= 4 is 34.3 Å². The molecule has 0 aliphatic rings. The second-order valence-corrected chi connectivity index (χ2v) is 6.18. The Bertz CT molecular complexity index is 462. The van der Waals surface area contributed by atoms with Crippen LogP contribution in [0.2, 0.25) is 5.02 Å². The number of hydrogen-bond acceptors (Lipinski definition) is 3. The van der Waals surface area contributed by atoms with Crippen LogP contribution in [-0.4, -0.2) is 7.05 Å². The molecule has 0 spiro atoms. The summed E-state index contributed by atoms with van der Waals surface area (Å²) < 4.78 is 0. The van der Waals surface area contributed by atoms with Gasteiger partial charge in [-0.1, -0.05) is 11.6 Å². The van der Waals surface area contributed by atoms with Crippen molar-refractivity contribution in [3.05, 3.63) is 43.2 Å². The lowest BCUT2D eigenvalue weighted by Gasteiger charge is -2.14. The van der Waals surface area contributed by atoms with E-state index in [0.717, 1.165) is 17.9 Å². The van der Waals surface area contributed by atoms with E-state index in [-0.39, 0.29) is 0 Å². The molecular weight excluding hydrogens is 270 g/mol. The third kappa shape index (κ3) is 3.10. The number of thiophene rings is 2. The zero-order valence-electron chi connectivity index (χ0n) is 10.00. The molecule has 2 aromatic heterocycles. The molecule has 0 radical (unpaired) electrons. The van der Waals surface area contributed by atoms with Crippen LogP contribution >= 0.6 is 34.3 Å². The van der Waals surface area contributed by atoms with Gasteiger partial charge in [0.25, 0.3) is 0 Å². The Morgan fingerprint density at radius 1 is 1.41 bits per heavy atom. The Balaban J connectivity index is 2.04. The molecule has 17 heavy (non-hydrogen) atoms. The number of hydrogen-bond donors (Lipinski definition) is 1. The topological polar surface area (TPSA) is 12.0 Å². The maximum Gasteiger partial charge on any atom is 0.0590 e. The van der Waals surface area contributed by atoms with E-state index in [1.54, 1.807) is 22.7 Å². The van der Waals surface area contributed by atoms with Crippen LogP contribution in [0.4, 0.5) is 0 Å². The van der Waals surface area contributed by atoms with Crippen LogP contribution in [0, 0.1) is 6.92 Å². The van der Waals surface area contributed by atoms with Gasteiger partial charge in [-0.05, 0) is 60.1 Å². The van der Waals surface area contributed by atoms with Gasteiger partial charge in [0.05, 0.1) is 5.02 Å². The van der Waals surface area contributed by atoms with Crippen molar-refractivity contribution in [3.8, 4) is 0 Å². The average molecular weight is 286 g/mol. The zero-order chi connectivity index (χ0) is 12.3. The Morgan fingerprint density at radius 2 is 2.24 bits per heavy atom. The lowest BCUT2D eigenvalue weighted by atomic mass is 10.1. The predicted molar refractivity (Wildman–Crippen MR) is 78.5 cm³/mol. The normalized spacial score (nSPS) is 12.9. The van der Waals surface area contributed by atoms with Crippen molar-refractivity contribution < 1.29 is 0 Å². The summed E-state index contributed by atoms with van der Waals surface area (Å²) in [5.74, 6) is 0. The lowest BCUT2D eigenvalue weighted by molar-refractivity contribution is 0.558. The molecule has 0 saturated heterocycles. The predicted octanol–water partition coefficient (Wildman–Crippen LogP) is 4.66. The second kappa shape index (κ2) is 6.01. The van der Waals surface area contributed by atoms with Crippen molar-refractivity contribution in [2.75, 3.05) is 7.05 Å². The Hall–Kier alpha value is -0.350. The first kappa shape index (κ1) is 13.1. The highest BCUT2D eigenvalue weighted by atomic mass is 35.5. The van der Waals surface area contributed by atoms with Gasteiger partial charge in [0, 0.05) is 10.9 Å². The van der Waals surface area contributed by atoms with E-state index in [1.165, 1.54) is 16.0 Å². The minimum atomic E-state index is 0.362. The van der Waals surface area contributed by atoms with Crippen LogP contribution in [-0.2, 0) is 6.42 Å². The second-order valence-electron chi connectivity index (χ2n) is 4.11. The van der Waals surface area contributed by atoms with Crippen LogP contribution in [0.5, 0.6) is 0 Å². The third-order valence-corrected chi connectivity index (χ3v) is 5.45. The quantitative estimate of drug-likeness (QED) is 0.842. The number of aryl methyl sites for hydroxylation is 2. The minimum Gasteiger partial charge on any atom is -0.312 e. The Kier molecular flexibility index (Phi) is 4.62. The van der Waals surface area contributed by atoms with Gasteiger partial charge in [-0.3, -0.25) is 0 Å². The molecule has 2 heterocycles. The molecule has 4 heteroatoms. The maximum absolute atomic E-state index is 6.32. The molecule has 1 N–H and O–H groups in total. The van der Waals surface area contributed by atoms with Crippen LogP contribution < -0.4 is 5.32 Å². The van der Waals surface area contributed by atoms with Crippen LogP contribution in [0.3, 0.4) is 0 Å². The van der Waals surface area contributed by atoms with Gasteiger partial charge >= 0.3 is 0 Å². The third-order valence-electron chi connectivity index (χ3n) is 2.89. The van der Waals surface area contributed by atoms with E-state index in [0.29, 0.717) is 6.04 Å². The van der Waals surface area contributed by atoms with Gasteiger partial charge in [-0.25, -0.2) is 0 Å². The average Bonchev–Trinajstić information content (AvgIpc) is 2.94. The molecule has 0 aliphatic carbocycles. The Labute approximate surface area is 115 Å². The summed E-state index contributed by atoms with van der Waals surface area (Å²) in [6.07, 6.45) is 2.19. The first-order chi connectivity index (χ1) is 8.22. The van der Waals surface area contributed by atoms with Gasteiger partial charge < -0.3 is 5.32 Å². The van der Waals surface area contributed by atoms with Crippen LogP contribution in [0.15, 0.2) is 22.2 Å². The van der Waals surface area contributed by atoms with Gasteiger partial charge in [-0.15, -0.1) is 11.3 Å². The van der Waals surface area contributed by atoms with Crippen molar-refractivity contribution in [1.29, 1.82) is 0 Å². The number of rotatable bonds is 5. The lowest BCUT2D eigenvalue weighted by Crippen LogP contribution is -2.16. The summed E-state index contributed by atoms with van der Waals surface area (Å²) in [6.45, 7) is 2.06. The van der Waals surface area contributed by atoms with Gasteiger partial charge in [0.2, 0.25) is 0 Å². The fourth-order valence-corrected chi connectivity index (χ4v) is 4.01. The minimum absolute atomic E-state index is 0.362. The summed E-state index contributed by atoms with van der Waals surface area (Å²) >= 11 is 9.83. The molecule has 0 aliphatic heterocycles. The molecule has 1 atom stereocenters. The Morgan fingerprint density at radius 3 is 2.76 bits per heavy atom. The molecular formula is C13H16ClNS2. The summed E-state index contributed by atoms with van der Waals surface area (Å²) in [5.41, 5.74) is 2.60. The summed E-state index contributed by atoms with van der Waals surface area (Å²) in [7, 11) is 2.00. The SMILES string of the molecule is CNC(CCc1ccsc1)c1scc(C)c1Cl.